The number of carbonyl (C=O) groups excluding carboxylic acids is 2. The molecule has 1 aromatic rings. The van der Waals surface area contributed by atoms with Gasteiger partial charge in [0.2, 0.25) is 0 Å². The molecule has 0 amide bonds. The van der Waals surface area contributed by atoms with E-state index in [0.29, 0.717) is 0 Å². The highest BCUT2D eigenvalue weighted by Crippen LogP contribution is 2.27. The molecule has 3 nitrogen and oxygen atoms in total. The standard InChI is InChI=1S/C9H4F2O3.C2H6/c1-3-2-4(10)5-6(7(3)11)9(13)14-8(5)12;1-2/h2H,1H3;1-2H3. The van der Waals surface area contributed by atoms with Crippen molar-refractivity contribution in [1.82, 2.24) is 0 Å². The molecular formula is C11H10F2O3. The van der Waals surface area contributed by atoms with Gasteiger partial charge in [0.15, 0.2) is 0 Å². The fourth-order valence-corrected chi connectivity index (χ4v) is 1.33. The molecule has 0 unspecified atom stereocenters. The molecule has 2 rings (SSSR count). The first kappa shape index (κ1) is 12.3. The minimum Gasteiger partial charge on any atom is -0.385 e. The minimum atomic E-state index is -1.14. The fraction of sp³-hybridized carbons (Fsp3) is 0.273. The van der Waals surface area contributed by atoms with Gasteiger partial charge in [0.25, 0.3) is 0 Å². The highest BCUT2D eigenvalue weighted by molar-refractivity contribution is 6.15. The van der Waals surface area contributed by atoms with E-state index in [1.165, 1.54) is 6.92 Å². The highest BCUT2D eigenvalue weighted by Gasteiger charge is 2.36. The van der Waals surface area contributed by atoms with Crippen LogP contribution in [0.4, 0.5) is 8.78 Å². The van der Waals surface area contributed by atoms with Crippen LogP contribution in [0.1, 0.15) is 40.1 Å². The van der Waals surface area contributed by atoms with Crippen LogP contribution in [0.3, 0.4) is 0 Å². The molecule has 1 aliphatic rings. The first-order valence-electron chi connectivity index (χ1n) is 4.77. The predicted octanol–water partition coefficient (Wildman–Crippen LogP) is 2.61. The van der Waals surface area contributed by atoms with E-state index >= 15 is 0 Å². The Morgan fingerprint density at radius 2 is 1.56 bits per heavy atom. The van der Waals surface area contributed by atoms with E-state index in [0.717, 1.165) is 6.07 Å². The van der Waals surface area contributed by atoms with Gasteiger partial charge in [-0.3, -0.25) is 0 Å². The van der Waals surface area contributed by atoms with Gasteiger partial charge >= 0.3 is 11.9 Å². The number of ether oxygens (including phenoxy) is 1. The molecule has 0 bridgehead atoms. The van der Waals surface area contributed by atoms with Crippen molar-refractivity contribution in [3.8, 4) is 0 Å². The van der Waals surface area contributed by atoms with Crippen LogP contribution < -0.4 is 0 Å². The summed E-state index contributed by atoms with van der Waals surface area (Å²) in [6.45, 7) is 5.30. The van der Waals surface area contributed by atoms with Crippen LogP contribution in [0.15, 0.2) is 6.07 Å². The summed E-state index contributed by atoms with van der Waals surface area (Å²) in [5.41, 5.74) is -1.25. The zero-order valence-corrected chi connectivity index (χ0v) is 9.06. The van der Waals surface area contributed by atoms with E-state index in [4.69, 9.17) is 0 Å². The zero-order chi connectivity index (χ0) is 12.5. The van der Waals surface area contributed by atoms with E-state index in [9.17, 15) is 18.4 Å². The van der Waals surface area contributed by atoms with Gasteiger partial charge in [0.1, 0.15) is 22.8 Å². The second-order valence-corrected chi connectivity index (χ2v) is 2.92. The number of benzene rings is 1. The molecule has 0 atom stereocenters. The summed E-state index contributed by atoms with van der Waals surface area (Å²) < 4.78 is 30.5. The monoisotopic (exact) mass is 228 g/mol. The average Bonchev–Trinajstić information content (AvgIpc) is 2.54. The van der Waals surface area contributed by atoms with Gasteiger partial charge in [0, 0.05) is 0 Å². The lowest BCUT2D eigenvalue weighted by Crippen LogP contribution is -2.02. The molecule has 1 aliphatic heterocycles. The molecule has 0 aromatic heterocycles. The smallest absolute Gasteiger partial charge is 0.350 e. The van der Waals surface area contributed by atoms with Crippen molar-refractivity contribution < 1.29 is 23.1 Å². The number of rotatable bonds is 0. The van der Waals surface area contributed by atoms with Crippen molar-refractivity contribution in [1.29, 1.82) is 0 Å². The summed E-state index contributed by atoms with van der Waals surface area (Å²) >= 11 is 0. The van der Waals surface area contributed by atoms with E-state index in [-0.39, 0.29) is 5.56 Å². The Labute approximate surface area is 91.0 Å². The number of esters is 2. The summed E-state index contributed by atoms with van der Waals surface area (Å²) in [5, 5.41) is 0. The lowest BCUT2D eigenvalue weighted by atomic mass is 10.0. The van der Waals surface area contributed by atoms with Crippen LogP contribution >= 0.6 is 0 Å². The van der Waals surface area contributed by atoms with Crippen LogP contribution in [0.2, 0.25) is 0 Å². The number of hydrogen-bond acceptors (Lipinski definition) is 3. The van der Waals surface area contributed by atoms with Gasteiger partial charge in [-0.05, 0) is 18.6 Å². The normalized spacial score (nSPS) is 12.8. The molecule has 0 fully saturated rings. The third-order valence-electron chi connectivity index (χ3n) is 1.99. The molecule has 0 saturated carbocycles. The number of hydrogen-bond donors (Lipinski definition) is 0. The second-order valence-electron chi connectivity index (χ2n) is 2.92. The fourth-order valence-electron chi connectivity index (χ4n) is 1.33. The Morgan fingerprint density at radius 3 is 2.12 bits per heavy atom. The van der Waals surface area contributed by atoms with Crippen molar-refractivity contribution in [2.45, 2.75) is 20.8 Å². The van der Waals surface area contributed by atoms with Crippen LogP contribution in [0.25, 0.3) is 0 Å². The van der Waals surface area contributed by atoms with Crippen LogP contribution in [0.5, 0.6) is 0 Å². The lowest BCUT2D eigenvalue weighted by molar-refractivity contribution is 0.0441. The van der Waals surface area contributed by atoms with Gasteiger partial charge in [0.05, 0.1) is 0 Å². The maximum absolute atomic E-state index is 13.3. The first-order chi connectivity index (χ1) is 7.52. The third-order valence-corrected chi connectivity index (χ3v) is 1.99. The lowest BCUT2D eigenvalue weighted by Gasteiger charge is -2.00. The van der Waals surface area contributed by atoms with Crippen molar-refractivity contribution in [2.75, 3.05) is 0 Å². The molecule has 0 aliphatic carbocycles. The number of aryl methyl sites for hydroxylation is 1. The number of cyclic esters (lactones) is 2. The SMILES string of the molecule is CC.Cc1cc(F)c2c(c1F)C(=O)OC2=O. The van der Waals surface area contributed by atoms with E-state index in [2.05, 4.69) is 4.74 Å². The van der Waals surface area contributed by atoms with Crippen LogP contribution in [-0.2, 0) is 4.74 Å². The van der Waals surface area contributed by atoms with Crippen molar-refractivity contribution in [3.05, 3.63) is 34.4 Å². The average molecular weight is 228 g/mol. The highest BCUT2D eigenvalue weighted by atomic mass is 19.1. The van der Waals surface area contributed by atoms with Crippen LogP contribution in [-0.4, -0.2) is 11.9 Å². The number of fused-ring (bicyclic) bond motifs is 1. The quantitative estimate of drug-likeness (QED) is 0.506. The van der Waals surface area contributed by atoms with E-state index in [1.807, 2.05) is 13.8 Å². The first-order valence-corrected chi connectivity index (χ1v) is 4.77. The maximum atomic E-state index is 13.3. The number of carbonyl (C=O) groups is 2. The molecule has 1 heterocycles. The molecule has 16 heavy (non-hydrogen) atoms. The van der Waals surface area contributed by atoms with Gasteiger partial charge in [-0.15, -0.1) is 0 Å². The summed E-state index contributed by atoms with van der Waals surface area (Å²) in [5.74, 6) is -4.11. The van der Waals surface area contributed by atoms with Crippen LogP contribution in [0, 0.1) is 18.6 Å². The van der Waals surface area contributed by atoms with Crippen molar-refractivity contribution >= 4 is 11.9 Å². The van der Waals surface area contributed by atoms with Gasteiger partial charge in [-0.1, -0.05) is 13.8 Å². The molecule has 0 saturated heterocycles. The molecule has 0 N–H and O–H groups in total. The topological polar surface area (TPSA) is 43.4 Å². The summed E-state index contributed by atoms with van der Waals surface area (Å²) in [6.07, 6.45) is 0. The molecule has 5 heteroatoms. The largest absolute Gasteiger partial charge is 0.385 e. The van der Waals surface area contributed by atoms with E-state index in [1.54, 1.807) is 0 Å². The Hall–Kier alpha value is -1.78. The Morgan fingerprint density at radius 1 is 1.06 bits per heavy atom. The van der Waals surface area contributed by atoms with Crippen molar-refractivity contribution in [2.24, 2.45) is 0 Å². The van der Waals surface area contributed by atoms with Gasteiger partial charge in [-0.25, -0.2) is 18.4 Å². The minimum absolute atomic E-state index is 0.0344. The molecular weight excluding hydrogens is 218 g/mol. The van der Waals surface area contributed by atoms with Gasteiger partial charge < -0.3 is 4.74 Å². The predicted molar refractivity (Wildman–Crippen MR) is 52.2 cm³/mol. The Balaban J connectivity index is 0.000000606. The molecule has 1 aromatic carbocycles. The maximum Gasteiger partial charge on any atom is 0.350 e. The van der Waals surface area contributed by atoms with Crippen molar-refractivity contribution in [3.63, 3.8) is 0 Å². The zero-order valence-electron chi connectivity index (χ0n) is 9.06. The Bertz CT molecular complexity index is 467. The molecule has 0 radical (unpaired) electrons. The third kappa shape index (κ3) is 1.68. The summed E-state index contributed by atoms with van der Waals surface area (Å²) in [4.78, 5) is 21.9. The Kier molecular flexibility index (Phi) is 3.37. The number of halogens is 2. The van der Waals surface area contributed by atoms with Gasteiger partial charge in [-0.2, -0.15) is 0 Å². The summed E-state index contributed by atoms with van der Waals surface area (Å²) in [6, 6.07) is 0.855. The summed E-state index contributed by atoms with van der Waals surface area (Å²) in [7, 11) is 0. The second kappa shape index (κ2) is 4.38. The molecule has 0 spiro atoms. The molecule has 86 valence electrons. The van der Waals surface area contributed by atoms with E-state index < -0.39 is 34.7 Å².